The maximum atomic E-state index is 9.20. The van der Waals surface area contributed by atoms with Crippen molar-refractivity contribution in [1.82, 2.24) is 4.90 Å². The zero-order chi connectivity index (χ0) is 10.5. The Bertz CT molecular complexity index is 308. The molecule has 3 heteroatoms. The first-order valence-electron chi connectivity index (χ1n) is 5.40. The summed E-state index contributed by atoms with van der Waals surface area (Å²) in [7, 11) is 0. The molecule has 81 valence electrons. The van der Waals surface area contributed by atoms with Crippen molar-refractivity contribution in [2.45, 2.75) is 12.8 Å². The zero-order valence-corrected chi connectivity index (χ0v) is 8.78. The molecule has 0 unspecified atom stereocenters. The Morgan fingerprint density at radius 3 is 2.87 bits per heavy atom. The Kier molecular flexibility index (Phi) is 3.45. The number of hydrogen-bond donors (Lipinski definition) is 1. The number of phenols is 1. The van der Waals surface area contributed by atoms with Gasteiger partial charge in [-0.15, -0.1) is 0 Å². The summed E-state index contributed by atoms with van der Waals surface area (Å²) in [6, 6.07) is 7.69. The van der Waals surface area contributed by atoms with E-state index in [-0.39, 0.29) is 5.75 Å². The highest BCUT2D eigenvalue weighted by Gasteiger charge is 2.10. The molecule has 1 radical (unpaired) electrons. The minimum atomic E-state index is 0.202. The molecule has 0 atom stereocenters. The largest absolute Gasteiger partial charge is 0.508 e. The van der Waals surface area contributed by atoms with Gasteiger partial charge in [0, 0.05) is 12.6 Å². The van der Waals surface area contributed by atoms with E-state index >= 15 is 0 Å². The third-order valence-corrected chi connectivity index (χ3v) is 2.62. The summed E-state index contributed by atoms with van der Waals surface area (Å²) >= 11 is 0. The number of nitrogens with zero attached hydrogens (tertiary/aromatic N) is 1. The Labute approximate surface area is 90.3 Å². The second kappa shape index (κ2) is 5.03. The Balaban J connectivity index is 1.73. The molecule has 1 N–H and O–H groups in total. The highest BCUT2D eigenvalue weighted by atomic mass is 16.5. The van der Waals surface area contributed by atoms with Crippen LogP contribution in [0.3, 0.4) is 0 Å². The lowest BCUT2D eigenvalue weighted by Gasteiger charge is -2.14. The van der Waals surface area contributed by atoms with Crippen molar-refractivity contribution in [2.24, 2.45) is 0 Å². The smallest absolute Gasteiger partial charge is 0.123 e. The fourth-order valence-electron chi connectivity index (χ4n) is 1.82. The third kappa shape index (κ3) is 3.13. The van der Waals surface area contributed by atoms with Crippen LogP contribution in [0.4, 0.5) is 0 Å². The van der Waals surface area contributed by atoms with Crippen molar-refractivity contribution >= 4 is 0 Å². The van der Waals surface area contributed by atoms with Gasteiger partial charge in [0.25, 0.3) is 0 Å². The molecule has 0 aliphatic carbocycles. The molecule has 1 aliphatic heterocycles. The van der Waals surface area contributed by atoms with Crippen LogP contribution < -0.4 is 4.74 Å². The van der Waals surface area contributed by atoms with E-state index in [1.54, 1.807) is 12.1 Å². The molecule has 0 saturated carbocycles. The van der Waals surface area contributed by atoms with E-state index < -0.39 is 0 Å². The maximum absolute atomic E-state index is 9.20. The standard InChI is InChI=1S/C12H16NO2/c14-11-4-3-5-12(10-11)15-9-8-13-6-1-2-7-13/h4-5,10,14H,1-2,6-9H2. The van der Waals surface area contributed by atoms with E-state index in [2.05, 4.69) is 11.0 Å². The zero-order valence-electron chi connectivity index (χ0n) is 8.78. The first kappa shape index (κ1) is 10.3. The van der Waals surface area contributed by atoms with Gasteiger partial charge in [-0.25, -0.2) is 0 Å². The molecule has 1 heterocycles. The molecule has 1 fully saturated rings. The number of phenolic OH excluding ortho intramolecular Hbond substituents is 1. The van der Waals surface area contributed by atoms with Gasteiger partial charge < -0.3 is 9.84 Å². The summed E-state index contributed by atoms with van der Waals surface area (Å²) in [4.78, 5) is 2.40. The van der Waals surface area contributed by atoms with Crippen molar-refractivity contribution in [3.8, 4) is 11.5 Å². The summed E-state index contributed by atoms with van der Waals surface area (Å²) in [5.41, 5.74) is 0. The van der Waals surface area contributed by atoms with Gasteiger partial charge in [-0.1, -0.05) is 0 Å². The molecule has 0 amide bonds. The van der Waals surface area contributed by atoms with Gasteiger partial charge in [0.05, 0.1) is 0 Å². The summed E-state index contributed by atoms with van der Waals surface area (Å²) in [6.07, 6.45) is 2.61. The molecular formula is C12H16NO2. The van der Waals surface area contributed by atoms with Crippen molar-refractivity contribution in [1.29, 1.82) is 0 Å². The molecule has 0 bridgehead atoms. The minimum Gasteiger partial charge on any atom is -0.508 e. The summed E-state index contributed by atoms with van der Waals surface area (Å²) in [5, 5.41) is 9.20. The van der Waals surface area contributed by atoms with Crippen LogP contribution in [0.25, 0.3) is 0 Å². The quantitative estimate of drug-likeness (QED) is 0.813. The summed E-state index contributed by atoms with van der Waals surface area (Å²) < 4.78 is 5.52. The maximum Gasteiger partial charge on any atom is 0.123 e. The minimum absolute atomic E-state index is 0.202. The monoisotopic (exact) mass is 206 g/mol. The van der Waals surface area contributed by atoms with Gasteiger partial charge in [0.1, 0.15) is 18.1 Å². The van der Waals surface area contributed by atoms with E-state index in [9.17, 15) is 5.11 Å². The number of aromatic hydroxyl groups is 1. The van der Waals surface area contributed by atoms with Gasteiger partial charge >= 0.3 is 0 Å². The van der Waals surface area contributed by atoms with Crippen LogP contribution in [0, 0.1) is 6.07 Å². The van der Waals surface area contributed by atoms with E-state index in [4.69, 9.17) is 4.74 Å². The van der Waals surface area contributed by atoms with Gasteiger partial charge in [-0.3, -0.25) is 4.90 Å². The second-order valence-electron chi connectivity index (χ2n) is 3.82. The fourth-order valence-corrected chi connectivity index (χ4v) is 1.82. The average molecular weight is 206 g/mol. The van der Waals surface area contributed by atoms with Crippen LogP contribution >= 0.6 is 0 Å². The topological polar surface area (TPSA) is 32.7 Å². The molecule has 0 aromatic heterocycles. The number of likely N-dealkylation sites (tertiary alicyclic amines) is 1. The molecule has 0 spiro atoms. The average Bonchev–Trinajstić information content (AvgIpc) is 2.71. The lowest BCUT2D eigenvalue weighted by atomic mass is 10.3. The highest BCUT2D eigenvalue weighted by Crippen LogP contribution is 2.17. The molecular weight excluding hydrogens is 190 g/mol. The molecule has 2 rings (SSSR count). The van der Waals surface area contributed by atoms with Gasteiger partial charge in [0.15, 0.2) is 0 Å². The SMILES string of the molecule is Oc1c[c]cc(OCCN2CCCC2)c1. The molecule has 1 saturated heterocycles. The van der Waals surface area contributed by atoms with Crippen molar-refractivity contribution in [3.63, 3.8) is 0 Å². The Hall–Kier alpha value is -1.22. The van der Waals surface area contributed by atoms with Crippen LogP contribution in [0.1, 0.15) is 12.8 Å². The van der Waals surface area contributed by atoms with Crippen LogP contribution in [0.15, 0.2) is 18.2 Å². The predicted octanol–water partition coefficient (Wildman–Crippen LogP) is 1.67. The Morgan fingerprint density at radius 1 is 1.33 bits per heavy atom. The molecule has 1 aromatic rings. The summed E-state index contributed by atoms with van der Waals surface area (Å²) in [6.45, 7) is 4.03. The highest BCUT2D eigenvalue weighted by molar-refractivity contribution is 5.30. The molecule has 3 nitrogen and oxygen atoms in total. The first-order chi connectivity index (χ1) is 7.34. The van der Waals surface area contributed by atoms with Gasteiger partial charge in [-0.2, -0.15) is 0 Å². The third-order valence-electron chi connectivity index (χ3n) is 2.62. The lowest BCUT2D eigenvalue weighted by Crippen LogP contribution is -2.25. The predicted molar refractivity (Wildman–Crippen MR) is 58.1 cm³/mol. The van der Waals surface area contributed by atoms with Crippen molar-refractivity contribution in [3.05, 3.63) is 24.3 Å². The molecule has 15 heavy (non-hydrogen) atoms. The normalized spacial score (nSPS) is 16.8. The molecule has 1 aromatic carbocycles. The van der Waals surface area contributed by atoms with Crippen LogP contribution in [0.2, 0.25) is 0 Å². The van der Waals surface area contributed by atoms with E-state index in [1.807, 2.05) is 0 Å². The number of ether oxygens (including phenoxy) is 1. The van der Waals surface area contributed by atoms with E-state index in [0.717, 1.165) is 6.54 Å². The second-order valence-corrected chi connectivity index (χ2v) is 3.82. The number of hydrogen-bond acceptors (Lipinski definition) is 3. The first-order valence-corrected chi connectivity index (χ1v) is 5.40. The van der Waals surface area contributed by atoms with Crippen LogP contribution in [-0.4, -0.2) is 36.2 Å². The fraction of sp³-hybridized carbons (Fsp3) is 0.500. The Morgan fingerprint density at radius 2 is 2.13 bits per heavy atom. The number of rotatable bonds is 4. The van der Waals surface area contributed by atoms with E-state index in [1.165, 1.54) is 32.0 Å². The van der Waals surface area contributed by atoms with E-state index in [0.29, 0.717) is 12.4 Å². The van der Waals surface area contributed by atoms with Crippen molar-refractivity contribution < 1.29 is 9.84 Å². The van der Waals surface area contributed by atoms with Gasteiger partial charge in [0.2, 0.25) is 0 Å². The van der Waals surface area contributed by atoms with Crippen molar-refractivity contribution in [2.75, 3.05) is 26.2 Å². The van der Waals surface area contributed by atoms with Crippen LogP contribution in [-0.2, 0) is 0 Å². The molecule has 1 aliphatic rings. The summed E-state index contributed by atoms with van der Waals surface area (Å²) in [5.74, 6) is 0.892. The lowest BCUT2D eigenvalue weighted by molar-refractivity contribution is 0.237. The number of benzene rings is 1. The van der Waals surface area contributed by atoms with Gasteiger partial charge in [-0.05, 0) is 44.1 Å². The van der Waals surface area contributed by atoms with Crippen LogP contribution in [0.5, 0.6) is 11.5 Å².